The molecule has 0 saturated heterocycles. The fourth-order valence-electron chi connectivity index (χ4n) is 3.74. The number of aliphatic hydroxyl groups excluding tert-OH is 2. The van der Waals surface area contributed by atoms with E-state index in [0.717, 1.165) is 11.1 Å². The van der Waals surface area contributed by atoms with Crippen LogP contribution in [-0.2, 0) is 32.3 Å². The van der Waals surface area contributed by atoms with Crippen LogP contribution in [0.25, 0.3) is 0 Å². The van der Waals surface area contributed by atoms with E-state index >= 15 is 0 Å². The van der Waals surface area contributed by atoms with Gasteiger partial charge in [-0.15, -0.1) is 12.4 Å². The minimum atomic E-state index is -1.13. The molecule has 10 heteroatoms. The summed E-state index contributed by atoms with van der Waals surface area (Å²) in [5.74, 6) is -1.78. The topological polar surface area (TPSA) is 150 Å². The Morgan fingerprint density at radius 1 is 0.674 bits per heavy atom. The van der Waals surface area contributed by atoms with Gasteiger partial charge in [-0.2, -0.15) is 0 Å². The number of halogens is 1. The van der Waals surface area contributed by atoms with Crippen molar-refractivity contribution in [1.29, 1.82) is 0 Å². The van der Waals surface area contributed by atoms with Crippen molar-refractivity contribution in [3.8, 4) is 0 Å². The Hall–Kier alpha value is -3.76. The van der Waals surface area contributed by atoms with Gasteiger partial charge in [-0.25, -0.2) is 9.59 Å². The first-order valence-electron chi connectivity index (χ1n) is 14.0. The third-order valence-electron chi connectivity index (χ3n) is 6.45. The summed E-state index contributed by atoms with van der Waals surface area (Å²) in [5, 5.41) is 22.6. The van der Waals surface area contributed by atoms with Crippen molar-refractivity contribution in [2.75, 3.05) is 0 Å². The first kappa shape index (κ1) is 37.3. The number of quaternary nitrogens is 1. The molecule has 0 aromatic heterocycles. The van der Waals surface area contributed by atoms with E-state index < -0.39 is 42.1 Å². The van der Waals surface area contributed by atoms with Crippen LogP contribution in [0.3, 0.4) is 0 Å². The Morgan fingerprint density at radius 2 is 1.07 bits per heavy atom. The first-order valence-corrected chi connectivity index (χ1v) is 14.0. The monoisotopic (exact) mass is 615 g/mol. The smallest absolute Gasteiger partial charge is 0.367 e. The quantitative estimate of drug-likeness (QED) is 0.228. The average molecular weight is 616 g/mol. The molecule has 0 radical (unpaired) electrons. The Bertz CT molecular complexity index is 1230. The van der Waals surface area contributed by atoms with Gasteiger partial charge in [0.1, 0.15) is 19.3 Å². The maximum atomic E-state index is 12.4. The highest BCUT2D eigenvalue weighted by atomic mass is 35.5. The van der Waals surface area contributed by atoms with E-state index in [1.54, 1.807) is 44.2 Å². The molecule has 0 saturated carbocycles. The van der Waals surface area contributed by atoms with Gasteiger partial charge in [0.2, 0.25) is 6.04 Å². The summed E-state index contributed by atoms with van der Waals surface area (Å²) in [6, 6.07) is 25.3. The number of carbonyl (C=O) groups is 3. The summed E-state index contributed by atoms with van der Waals surface area (Å²) in [4.78, 5) is 36.4. The largest absolute Gasteiger partial charge is 0.459 e. The standard InChI is InChI=1S/C20H23NO4.C13H19NO3.ClH/c1-14(2)18(22)17(21-19(23)16-11-7-4-8-12-16)20(24)25-13-15-9-5-3-6-10-15;1-9(2)12(15)11(14)13(16)17-8-10-6-4-3-5-7-10;/h3-12,14,17-18,22H,13H2,1-2H3,(H,21,23);3-7,9,11-12,15H,8,14H2,1-2H3;1H/p+1/t17-,18-;11-,12-;/m00./s1. The van der Waals surface area contributed by atoms with Gasteiger partial charge >= 0.3 is 11.9 Å². The van der Waals surface area contributed by atoms with Gasteiger partial charge in [0.05, 0.1) is 6.10 Å². The third kappa shape index (κ3) is 13.0. The second kappa shape index (κ2) is 19.4. The molecule has 4 atom stereocenters. The Kier molecular flexibility index (Phi) is 16.8. The maximum Gasteiger partial charge on any atom is 0.367 e. The minimum Gasteiger partial charge on any atom is -0.459 e. The fourth-order valence-corrected chi connectivity index (χ4v) is 3.74. The van der Waals surface area contributed by atoms with Crippen molar-refractivity contribution in [2.45, 2.75) is 65.2 Å². The van der Waals surface area contributed by atoms with Crippen LogP contribution in [0, 0.1) is 11.8 Å². The lowest BCUT2D eigenvalue weighted by Gasteiger charge is -2.25. The van der Waals surface area contributed by atoms with Crippen molar-refractivity contribution in [3.63, 3.8) is 0 Å². The fraction of sp³-hybridized carbons (Fsp3) is 0.364. The van der Waals surface area contributed by atoms with E-state index in [1.807, 2.05) is 74.5 Å². The zero-order chi connectivity index (χ0) is 31.1. The van der Waals surface area contributed by atoms with Crippen LogP contribution in [0.1, 0.15) is 49.2 Å². The van der Waals surface area contributed by atoms with Crippen molar-refractivity contribution < 1.29 is 39.8 Å². The number of benzene rings is 3. The molecule has 0 aliphatic heterocycles. The summed E-state index contributed by atoms with van der Waals surface area (Å²) in [6.45, 7) is 7.53. The lowest BCUT2D eigenvalue weighted by atomic mass is 9.99. The molecule has 0 heterocycles. The number of ether oxygens (including phenoxy) is 2. The molecule has 3 aromatic rings. The van der Waals surface area contributed by atoms with E-state index in [4.69, 9.17) is 9.47 Å². The molecule has 234 valence electrons. The number of carbonyl (C=O) groups excluding carboxylic acids is 3. The summed E-state index contributed by atoms with van der Waals surface area (Å²) >= 11 is 0. The summed E-state index contributed by atoms with van der Waals surface area (Å²) in [7, 11) is 0. The van der Waals surface area contributed by atoms with Gasteiger partial charge in [-0.3, -0.25) is 4.79 Å². The predicted octanol–water partition coefficient (Wildman–Crippen LogP) is 3.32. The third-order valence-corrected chi connectivity index (χ3v) is 6.45. The van der Waals surface area contributed by atoms with E-state index in [2.05, 4.69) is 11.1 Å². The van der Waals surface area contributed by atoms with Gasteiger partial charge in [0.25, 0.3) is 5.91 Å². The van der Waals surface area contributed by atoms with Crippen molar-refractivity contribution in [3.05, 3.63) is 108 Å². The predicted molar refractivity (Wildman–Crippen MR) is 166 cm³/mol. The van der Waals surface area contributed by atoms with E-state index in [0.29, 0.717) is 5.56 Å². The lowest BCUT2D eigenvalue weighted by molar-refractivity contribution is -0.428. The van der Waals surface area contributed by atoms with Gasteiger partial charge in [0.15, 0.2) is 6.04 Å². The van der Waals surface area contributed by atoms with Gasteiger partial charge in [-0.05, 0) is 35.1 Å². The summed E-state index contributed by atoms with van der Waals surface area (Å²) < 4.78 is 10.4. The van der Waals surface area contributed by atoms with Gasteiger partial charge in [0, 0.05) is 5.56 Å². The van der Waals surface area contributed by atoms with Crippen LogP contribution in [0.15, 0.2) is 91.0 Å². The SMILES string of the molecule is CC(C)[C@H](O)[C@H](NC(=O)c1ccccc1)C(=O)OCc1ccccc1.CC(C)[C@H](O)[C@H]([NH3+])C(=O)OCc1ccccc1.Cl. The highest BCUT2D eigenvalue weighted by Crippen LogP contribution is 2.12. The van der Waals surface area contributed by atoms with E-state index in [1.165, 1.54) is 0 Å². The molecular formula is C33H44ClN2O7+. The van der Waals surface area contributed by atoms with Crippen molar-refractivity contribution >= 4 is 30.3 Å². The molecule has 6 N–H and O–H groups in total. The van der Waals surface area contributed by atoms with Crippen LogP contribution < -0.4 is 11.1 Å². The molecule has 43 heavy (non-hydrogen) atoms. The van der Waals surface area contributed by atoms with Gasteiger partial charge < -0.3 is 30.7 Å². The molecule has 0 fully saturated rings. The van der Waals surface area contributed by atoms with Crippen LogP contribution in [0.2, 0.25) is 0 Å². The number of hydrogen-bond donors (Lipinski definition) is 4. The molecule has 0 aliphatic carbocycles. The van der Waals surface area contributed by atoms with Crippen molar-refractivity contribution in [1.82, 2.24) is 5.32 Å². The molecule has 1 amide bonds. The normalized spacial score (nSPS) is 13.3. The molecule has 0 bridgehead atoms. The zero-order valence-electron chi connectivity index (χ0n) is 25.1. The number of esters is 2. The molecule has 0 spiro atoms. The minimum absolute atomic E-state index is 0. The number of amides is 1. The average Bonchev–Trinajstić information content (AvgIpc) is 3.01. The van der Waals surface area contributed by atoms with Crippen LogP contribution in [0.4, 0.5) is 0 Å². The Morgan fingerprint density at radius 3 is 1.49 bits per heavy atom. The molecule has 9 nitrogen and oxygen atoms in total. The summed E-state index contributed by atoms with van der Waals surface area (Å²) in [6.07, 6.45) is -1.81. The van der Waals surface area contributed by atoms with Crippen molar-refractivity contribution in [2.24, 2.45) is 11.8 Å². The van der Waals surface area contributed by atoms with E-state index in [-0.39, 0.29) is 37.5 Å². The molecular weight excluding hydrogens is 572 g/mol. The van der Waals surface area contributed by atoms with Crippen LogP contribution in [-0.4, -0.2) is 52.4 Å². The number of hydrogen-bond acceptors (Lipinski definition) is 7. The molecule has 3 aromatic carbocycles. The lowest BCUT2D eigenvalue weighted by Crippen LogP contribution is -2.71. The molecule has 3 rings (SSSR count). The maximum absolute atomic E-state index is 12.4. The van der Waals surface area contributed by atoms with Crippen LogP contribution in [0.5, 0.6) is 0 Å². The first-order chi connectivity index (χ1) is 20.0. The summed E-state index contributed by atoms with van der Waals surface area (Å²) in [5.41, 5.74) is 5.82. The Labute approximate surface area is 259 Å². The number of rotatable bonds is 12. The highest BCUT2D eigenvalue weighted by Gasteiger charge is 2.32. The highest BCUT2D eigenvalue weighted by molar-refractivity contribution is 5.96. The zero-order valence-corrected chi connectivity index (χ0v) is 25.9. The number of aliphatic hydroxyl groups is 2. The number of nitrogens with one attached hydrogen (secondary N) is 1. The van der Waals surface area contributed by atoms with Crippen LogP contribution >= 0.6 is 12.4 Å². The molecule has 0 aliphatic rings. The Balaban J connectivity index is 0.000000451. The van der Waals surface area contributed by atoms with Gasteiger partial charge in [-0.1, -0.05) is 107 Å². The second-order valence-corrected chi connectivity index (χ2v) is 10.6. The molecule has 0 unspecified atom stereocenters. The second-order valence-electron chi connectivity index (χ2n) is 10.6. The van der Waals surface area contributed by atoms with E-state index in [9.17, 15) is 24.6 Å².